The molecule has 0 aromatic heterocycles. The van der Waals surface area contributed by atoms with Gasteiger partial charge in [0, 0.05) is 18.8 Å². The zero-order valence-corrected chi connectivity index (χ0v) is 15.2. The largest absolute Gasteiger partial charge is 0.444 e. The molecular formula is C19H26N2O4. The van der Waals surface area contributed by atoms with Crippen LogP contribution in [-0.4, -0.2) is 54.3 Å². The maximum atomic E-state index is 12.6. The average Bonchev–Trinajstić information content (AvgIpc) is 2.55. The van der Waals surface area contributed by atoms with Crippen LogP contribution >= 0.6 is 0 Å². The fraction of sp³-hybridized carbons (Fsp3) is 0.579. The topological polar surface area (TPSA) is 59.1 Å². The number of piperidine rings is 1. The lowest BCUT2D eigenvalue weighted by molar-refractivity contribution is -0.131. The molecule has 0 unspecified atom stereocenters. The summed E-state index contributed by atoms with van der Waals surface area (Å²) in [4.78, 5) is 28.5. The Morgan fingerprint density at radius 2 is 1.80 bits per heavy atom. The standard InChI is InChI=1S/C19H26N2O4/c1-18(2,3)25-17(23)20-11-9-19(10-12-20)14-24-13-16(22)21(19)15-7-5-4-6-8-15/h4-8H,9-14H2,1-3H3. The number of nitrogens with zero attached hydrogens (tertiary/aromatic N) is 2. The van der Waals surface area contributed by atoms with Gasteiger partial charge in [0.1, 0.15) is 12.2 Å². The second kappa shape index (κ2) is 6.67. The lowest BCUT2D eigenvalue weighted by atomic mass is 9.84. The minimum absolute atomic E-state index is 0.0248. The van der Waals surface area contributed by atoms with Crippen molar-refractivity contribution >= 4 is 17.7 Å². The number of hydrogen-bond donors (Lipinski definition) is 0. The molecule has 2 aliphatic rings. The summed E-state index contributed by atoms with van der Waals surface area (Å²) >= 11 is 0. The minimum atomic E-state index is -0.508. The van der Waals surface area contributed by atoms with E-state index in [-0.39, 0.29) is 18.6 Å². The highest BCUT2D eigenvalue weighted by molar-refractivity contribution is 5.96. The summed E-state index contributed by atoms with van der Waals surface area (Å²) in [5, 5.41) is 0. The fourth-order valence-electron chi connectivity index (χ4n) is 3.52. The Bertz CT molecular complexity index is 631. The van der Waals surface area contributed by atoms with E-state index in [1.807, 2.05) is 56.0 Å². The summed E-state index contributed by atoms with van der Waals surface area (Å²) in [7, 11) is 0. The van der Waals surface area contributed by atoms with Crippen molar-refractivity contribution in [1.29, 1.82) is 0 Å². The highest BCUT2D eigenvalue weighted by atomic mass is 16.6. The lowest BCUT2D eigenvalue weighted by Crippen LogP contribution is -2.64. The number of carbonyl (C=O) groups excluding carboxylic acids is 2. The van der Waals surface area contributed by atoms with Gasteiger partial charge in [-0.05, 0) is 45.7 Å². The number of carbonyl (C=O) groups is 2. The molecule has 1 aromatic carbocycles. The van der Waals surface area contributed by atoms with E-state index >= 15 is 0 Å². The van der Waals surface area contributed by atoms with Crippen molar-refractivity contribution in [1.82, 2.24) is 4.90 Å². The Morgan fingerprint density at radius 1 is 1.16 bits per heavy atom. The maximum Gasteiger partial charge on any atom is 0.410 e. The van der Waals surface area contributed by atoms with Crippen molar-refractivity contribution in [3.63, 3.8) is 0 Å². The first-order valence-electron chi connectivity index (χ1n) is 8.75. The van der Waals surface area contributed by atoms with Crippen molar-refractivity contribution in [3.05, 3.63) is 30.3 Å². The summed E-state index contributed by atoms with van der Waals surface area (Å²) in [5.41, 5.74) is -0.0111. The predicted molar refractivity (Wildman–Crippen MR) is 94.5 cm³/mol. The van der Waals surface area contributed by atoms with Gasteiger partial charge in [-0.3, -0.25) is 4.79 Å². The van der Waals surface area contributed by atoms with Gasteiger partial charge in [-0.15, -0.1) is 0 Å². The molecular weight excluding hydrogens is 320 g/mol. The highest BCUT2D eigenvalue weighted by Gasteiger charge is 2.47. The first-order valence-corrected chi connectivity index (χ1v) is 8.75. The van der Waals surface area contributed by atoms with E-state index in [4.69, 9.17) is 9.47 Å². The molecule has 1 spiro atoms. The van der Waals surface area contributed by atoms with Crippen LogP contribution in [0.3, 0.4) is 0 Å². The molecule has 1 aromatic rings. The molecule has 2 saturated heterocycles. The third-order valence-electron chi connectivity index (χ3n) is 4.68. The number of para-hydroxylation sites is 1. The van der Waals surface area contributed by atoms with Crippen LogP contribution in [0.2, 0.25) is 0 Å². The molecule has 0 saturated carbocycles. The normalized spacial score (nSPS) is 20.7. The van der Waals surface area contributed by atoms with Gasteiger partial charge in [0.05, 0.1) is 12.1 Å². The van der Waals surface area contributed by atoms with Crippen LogP contribution in [0.1, 0.15) is 33.6 Å². The fourth-order valence-corrected chi connectivity index (χ4v) is 3.52. The summed E-state index contributed by atoms with van der Waals surface area (Å²) in [6.07, 6.45) is 1.05. The third kappa shape index (κ3) is 3.79. The molecule has 0 atom stereocenters. The molecule has 6 nitrogen and oxygen atoms in total. The number of likely N-dealkylation sites (tertiary alicyclic amines) is 1. The van der Waals surface area contributed by atoms with Crippen molar-refractivity contribution in [2.45, 2.75) is 44.8 Å². The van der Waals surface area contributed by atoms with Gasteiger partial charge >= 0.3 is 6.09 Å². The summed E-state index contributed by atoms with van der Waals surface area (Å²) < 4.78 is 11.0. The van der Waals surface area contributed by atoms with Crippen molar-refractivity contribution in [2.75, 3.05) is 31.2 Å². The second-order valence-corrected chi connectivity index (χ2v) is 7.75. The van der Waals surface area contributed by atoms with E-state index < -0.39 is 11.1 Å². The van der Waals surface area contributed by atoms with E-state index in [1.54, 1.807) is 4.90 Å². The third-order valence-corrected chi connectivity index (χ3v) is 4.68. The van der Waals surface area contributed by atoms with Crippen LogP contribution in [0.5, 0.6) is 0 Å². The monoisotopic (exact) mass is 346 g/mol. The molecule has 2 aliphatic heterocycles. The molecule has 0 bridgehead atoms. The van der Waals surface area contributed by atoms with Crippen LogP contribution in [0, 0.1) is 0 Å². The molecule has 136 valence electrons. The molecule has 6 heteroatoms. The molecule has 3 rings (SSSR count). The SMILES string of the molecule is CC(C)(C)OC(=O)N1CCC2(CC1)COCC(=O)N2c1ccccc1. The van der Waals surface area contributed by atoms with E-state index in [9.17, 15) is 9.59 Å². The van der Waals surface area contributed by atoms with Gasteiger partial charge in [-0.1, -0.05) is 18.2 Å². The first-order chi connectivity index (χ1) is 11.8. The van der Waals surface area contributed by atoms with Crippen LogP contribution < -0.4 is 4.90 Å². The molecule has 0 radical (unpaired) electrons. The van der Waals surface area contributed by atoms with E-state index in [1.165, 1.54) is 0 Å². The summed E-state index contributed by atoms with van der Waals surface area (Å²) in [5.74, 6) is -0.0248. The van der Waals surface area contributed by atoms with Gasteiger partial charge in [0.15, 0.2) is 0 Å². The maximum absolute atomic E-state index is 12.6. The van der Waals surface area contributed by atoms with E-state index in [2.05, 4.69) is 0 Å². The van der Waals surface area contributed by atoms with Crippen molar-refractivity contribution < 1.29 is 19.1 Å². The summed E-state index contributed by atoms with van der Waals surface area (Å²) in [6, 6.07) is 9.70. The molecule has 2 fully saturated rings. The van der Waals surface area contributed by atoms with Crippen LogP contribution in [-0.2, 0) is 14.3 Å². The Balaban J connectivity index is 1.75. The van der Waals surface area contributed by atoms with Crippen LogP contribution in [0.25, 0.3) is 0 Å². The molecule has 25 heavy (non-hydrogen) atoms. The zero-order valence-electron chi connectivity index (χ0n) is 15.2. The number of morpholine rings is 1. The van der Waals surface area contributed by atoms with E-state index in [0.29, 0.717) is 32.5 Å². The summed E-state index contributed by atoms with van der Waals surface area (Å²) in [6.45, 7) is 7.29. The van der Waals surface area contributed by atoms with Gasteiger partial charge in [0.25, 0.3) is 5.91 Å². The Morgan fingerprint density at radius 3 is 2.40 bits per heavy atom. The quantitative estimate of drug-likeness (QED) is 0.784. The van der Waals surface area contributed by atoms with Crippen LogP contribution in [0.15, 0.2) is 30.3 Å². The smallest absolute Gasteiger partial charge is 0.410 e. The highest BCUT2D eigenvalue weighted by Crippen LogP contribution is 2.36. The number of rotatable bonds is 1. The first kappa shape index (κ1) is 17.7. The second-order valence-electron chi connectivity index (χ2n) is 7.75. The number of hydrogen-bond acceptors (Lipinski definition) is 4. The van der Waals surface area contributed by atoms with Gasteiger partial charge in [-0.2, -0.15) is 0 Å². The number of anilines is 1. The Hall–Kier alpha value is -2.08. The van der Waals surface area contributed by atoms with Gasteiger partial charge < -0.3 is 19.3 Å². The Kier molecular flexibility index (Phi) is 4.73. The number of ether oxygens (including phenoxy) is 2. The lowest BCUT2D eigenvalue weighted by Gasteiger charge is -2.50. The molecule has 2 heterocycles. The number of amides is 2. The average molecular weight is 346 g/mol. The number of benzene rings is 1. The van der Waals surface area contributed by atoms with E-state index in [0.717, 1.165) is 5.69 Å². The molecule has 0 N–H and O–H groups in total. The van der Waals surface area contributed by atoms with Gasteiger partial charge in [-0.25, -0.2) is 4.79 Å². The molecule has 0 aliphatic carbocycles. The van der Waals surface area contributed by atoms with Crippen molar-refractivity contribution in [3.8, 4) is 0 Å². The zero-order chi connectivity index (χ0) is 18.1. The Labute approximate surface area is 148 Å². The van der Waals surface area contributed by atoms with Gasteiger partial charge in [0.2, 0.25) is 0 Å². The van der Waals surface area contributed by atoms with Crippen molar-refractivity contribution in [2.24, 2.45) is 0 Å². The van der Waals surface area contributed by atoms with Crippen LogP contribution in [0.4, 0.5) is 10.5 Å². The molecule has 2 amide bonds. The minimum Gasteiger partial charge on any atom is -0.444 e. The predicted octanol–water partition coefficient (Wildman–Crippen LogP) is 2.82.